The minimum Gasteiger partial charge on any atom is -0.479 e. The summed E-state index contributed by atoms with van der Waals surface area (Å²) >= 11 is 0. The second-order valence-corrected chi connectivity index (χ2v) is 3.93. The average molecular weight is 219 g/mol. The van der Waals surface area contributed by atoms with Crippen molar-refractivity contribution in [2.24, 2.45) is 0 Å². The highest BCUT2D eigenvalue weighted by Gasteiger charge is 2.31. The quantitative estimate of drug-likeness (QED) is 0.532. The van der Waals surface area contributed by atoms with E-state index in [4.69, 9.17) is 10.2 Å². The minimum atomic E-state index is -1.75. The molecule has 1 unspecified atom stereocenters. The third-order valence-electron chi connectivity index (χ3n) is 2.24. The molecule has 0 radical (unpaired) electrons. The van der Waals surface area contributed by atoms with Crippen LogP contribution in [0.2, 0.25) is 0 Å². The predicted octanol–water partition coefficient (Wildman–Crippen LogP) is -0.0836. The SMILES string of the molecule is CCCCN(CCO)CC(C)(O)C(=O)O. The third kappa shape index (κ3) is 5.71. The molecule has 0 bridgehead atoms. The summed E-state index contributed by atoms with van der Waals surface area (Å²) in [7, 11) is 0. The van der Waals surface area contributed by atoms with Crippen molar-refractivity contribution in [1.29, 1.82) is 0 Å². The van der Waals surface area contributed by atoms with E-state index in [1.165, 1.54) is 6.92 Å². The second kappa shape index (κ2) is 6.76. The van der Waals surface area contributed by atoms with Gasteiger partial charge in [0.05, 0.1) is 6.61 Å². The lowest BCUT2D eigenvalue weighted by Crippen LogP contribution is -2.47. The van der Waals surface area contributed by atoms with Gasteiger partial charge in [0, 0.05) is 13.1 Å². The number of hydrogen-bond acceptors (Lipinski definition) is 4. The van der Waals surface area contributed by atoms with E-state index in [0.29, 0.717) is 13.1 Å². The zero-order valence-electron chi connectivity index (χ0n) is 9.44. The molecule has 5 nitrogen and oxygen atoms in total. The number of carboxylic acids is 1. The van der Waals surface area contributed by atoms with Gasteiger partial charge in [-0.25, -0.2) is 4.79 Å². The molecule has 0 aromatic heterocycles. The molecule has 0 aromatic carbocycles. The molecule has 0 spiro atoms. The maximum atomic E-state index is 10.7. The Morgan fingerprint density at radius 1 is 1.40 bits per heavy atom. The molecule has 0 aromatic rings. The molecule has 0 heterocycles. The summed E-state index contributed by atoms with van der Waals surface area (Å²) in [6, 6.07) is 0. The maximum absolute atomic E-state index is 10.7. The Labute approximate surface area is 90.3 Å². The van der Waals surface area contributed by atoms with Crippen LogP contribution in [-0.2, 0) is 4.79 Å². The number of carboxylic acid groups (broad SMARTS) is 1. The molecule has 90 valence electrons. The molecular formula is C10H21NO4. The number of aliphatic hydroxyl groups is 2. The van der Waals surface area contributed by atoms with Gasteiger partial charge in [-0.05, 0) is 19.9 Å². The standard InChI is InChI=1S/C10H21NO4/c1-3-4-5-11(6-7-12)8-10(2,15)9(13)14/h12,15H,3-8H2,1-2H3,(H,13,14). The Morgan fingerprint density at radius 3 is 2.40 bits per heavy atom. The van der Waals surface area contributed by atoms with Gasteiger partial charge in [-0.15, -0.1) is 0 Å². The van der Waals surface area contributed by atoms with Gasteiger partial charge in [0.2, 0.25) is 0 Å². The van der Waals surface area contributed by atoms with E-state index in [-0.39, 0.29) is 13.2 Å². The van der Waals surface area contributed by atoms with Crippen LogP contribution in [0.5, 0.6) is 0 Å². The highest BCUT2D eigenvalue weighted by Crippen LogP contribution is 2.07. The summed E-state index contributed by atoms with van der Waals surface area (Å²) in [6.07, 6.45) is 1.92. The largest absolute Gasteiger partial charge is 0.479 e. The number of rotatable bonds is 8. The first-order chi connectivity index (χ1) is 6.94. The van der Waals surface area contributed by atoms with Crippen molar-refractivity contribution in [3.05, 3.63) is 0 Å². The zero-order valence-corrected chi connectivity index (χ0v) is 9.44. The zero-order chi connectivity index (χ0) is 11.9. The lowest BCUT2D eigenvalue weighted by molar-refractivity contribution is -0.158. The van der Waals surface area contributed by atoms with E-state index in [2.05, 4.69) is 0 Å². The van der Waals surface area contributed by atoms with Crippen molar-refractivity contribution >= 4 is 5.97 Å². The van der Waals surface area contributed by atoms with Crippen LogP contribution in [0, 0.1) is 0 Å². The smallest absolute Gasteiger partial charge is 0.336 e. The normalized spacial score (nSPS) is 15.3. The first kappa shape index (κ1) is 14.3. The average Bonchev–Trinajstić information content (AvgIpc) is 2.14. The van der Waals surface area contributed by atoms with Crippen LogP contribution in [0.1, 0.15) is 26.7 Å². The summed E-state index contributed by atoms with van der Waals surface area (Å²) in [6.45, 7) is 4.41. The first-order valence-corrected chi connectivity index (χ1v) is 5.23. The monoisotopic (exact) mass is 219 g/mol. The lowest BCUT2D eigenvalue weighted by atomic mass is 10.1. The molecular weight excluding hydrogens is 198 g/mol. The Morgan fingerprint density at radius 2 is 2.00 bits per heavy atom. The Kier molecular flexibility index (Phi) is 6.47. The van der Waals surface area contributed by atoms with E-state index in [0.717, 1.165) is 12.8 Å². The number of carbonyl (C=O) groups is 1. The van der Waals surface area contributed by atoms with E-state index in [9.17, 15) is 9.90 Å². The highest BCUT2D eigenvalue weighted by molar-refractivity contribution is 5.76. The van der Waals surface area contributed by atoms with Crippen LogP contribution >= 0.6 is 0 Å². The highest BCUT2D eigenvalue weighted by atomic mass is 16.4. The fraction of sp³-hybridized carbons (Fsp3) is 0.900. The van der Waals surface area contributed by atoms with Gasteiger partial charge in [0.15, 0.2) is 5.60 Å². The molecule has 0 fully saturated rings. The van der Waals surface area contributed by atoms with Crippen molar-refractivity contribution in [2.45, 2.75) is 32.3 Å². The molecule has 0 rings (SSSR count). The van der Waals surface area contributed by atoms with Crippen molar-refractivity contribution in [1.82, 2.24) is 4.90 Å². The summed E-state index contributed by atoms with van der Waals surface area (Å²) in [4.78, 5) is 12.5. The molecule has 0 aliphatic rings. The molecule has 1 atom stereocenters. The third-order valence-corrected chi connectivity index (χ3v) is 2.24. The Balaban J connectivity index is 4.19. The van der Waals surface area contributed by atoms with Gasteiger partial charge < -0.3 is 15.3 Å². The fourth-order valence-electron chi connectivity index (χ4n) is 1.30. The summed E-state index contributed by atoms with van der Waals surface area (Å²) in [5.41, 5.74) is -1.75. The lowest BCUT2D eigenvalue weighted by Gasteiger charge is -2.28. The number of aliphatic hydroxyl groups excluding tert-OH is 1. The fourth-order valence-corrected chi connectivity index (χ4v) is 1.30. The molecule has 3 N–H and O–H groups in total. The number of nitrogens with zero attached hydrogens (tertiary/aromatic N) is 1. The van der Waals surface area contributed by atoms with Crippen LogP contribution in [-0.4, -0.2) is 58.0 Å². The maximum Gasteiger partial charge on any atom is 0.336 e. The number of aliphatic carboxylic acids is 1. The molecule has 0 saturated heterocycles. The van der Waals surface area contributed by atoms with E-state index in [1.54, 1.807) is 4.90 Å². The van der Waals surface area contributed by atoms with E-state index >= 15 is 0 Å². The predicted molar refractivity (Wildman–Crippen MR) is 56.7 cm³/mol. The van der Waals surface area contributed by atoms with E-state index in [1.807, 2.05) is 6.92 Å². The van der Waals surface area contributed by atoms with Crippen LogP contribution in [0.3, 0.4) is 0 Å². The van der Waals surface area contributed by atoms with Gasteiger partial charge in [-0.2, -0.15) is 0 Å². The topological polar surface area (TPSA) is 81.0 Å². The second-order valence-electron chi connectivity index (χ2n) is 3.93. The number of hydrogen-bond donors (Lipinski definition) is 3. The van der Waals surface area contributed by atoms with Gasteiger partial charge in [-0.3, -0.25) is 4.90 Å². The Hall–Kier alpha value is -0.650. The van der Waals surface area contributed by atoms with Crippen LogP contribution in [0.25, 0.3) is 0 Å². The molecule has 0 amide bonds. The molecule has 0 saturated carbocycles. The number of unbranched alkanes of at least 4 members (excludes halogenated alkanes) is 1. The summed E-state index contributed by atoms with van der Waals surface area (Å²) in [5.74, 6) is -1.23. The van der Waals surface area contributed by atoms with Crippen molar-refractivity contribution in [2.75, 3.05) is 26.2 Å². The van der Waals surface area contributed by atoms with Crippen molar-refractivity contribution in [3.63, 3.8) is 0 Å². The van der Waals surface area contributed by atoms with Gasteiger partial charge >= 0.3 is 5.97 Å². The summed E-state index contributed by atoms with van der Waals surface area (Å²) < 4.78 is 0. The molecule has 5 heteroatoms. The molecule has 0 aliphatic carbocycles. The van der Waals surface area contributed by atoms with Crippen LogP contribution in [0.4, 0.5) is 0 Å². The van der Waals surface area contributed by atoms with Crippen LogP contribution < -0.4 is 0 Å². The van der Waals surface area contributed by atoms with Crippen molar-refractivity contribution in [3.8, 4) is 0 Å². The van der Waals surface area contributed by atoms with Gasteiger partial charge in [0.25, 0.3) is 0 Å². The van der Waals surface area contributed by atoms with Crippen LogP contribution in [0.15, 0.2) is 0 Å². The van der Waals surface area contributed by atoms with Gasteiger partial charge in [0.1, 0.15) is 0 Å². The van der Waals surface area contributed by atoms with E-state index < -0.39 is 11.6 Å². The van der Waals surface area contributed by atoms with Gasteiger partial charge in [-0.1, -0.05) is 13.3 Å². The molecule has 0 aliphatic heterocycles. The molecule has 15 heavy (non-hydrogen) atoms. The van der Waals surface area contributed by atoms with Crippen molar-refractivity contribution < 1.29 is 20.1 Å². The first-order valence-electron chi connectivity index (χ1n) is 5.23. The summed E-state index contributed by atoms with van der Waals surface area (Å²) in [5, 5.41) is 27.1. The Bertz CT molecular complexity index is 194. The minimum absolute atomic E-state index is 0.0284.